The highest BCUT2D eigenvalue weighted by molar-refractivity contribution is 5.23. The molecular formula is C12H17FN2O. The summed E-state index contributed by atoms with van der Waals surface area (Å²) in [6.45, 7) is 4.43. The molecule has 1 aliphatic rings. The van der Waals surface area contributed by atoms with Crippen molar-refractivity contribution >= 4 is 0 Å². The van der Waals surface area contributed by atoms with Gasteiger partial charge in [0.2, 0.25) is 0 Å². The van der Waals surface area contributed by atoms with E-state index in [1.165, 1.54) is 6.20 Å². The SMILES string of the molecule is Cc1cncc(F)c1CCC1CNCCO1. The number of aryl methyl sites for hydroxylation is 1. The van der Waals surface area contributed by atoms with Crippen LogP contribution in [-0.4, -0.2) is 30.8 Å². The molecule has 3 nitrogen and oxygen atoms in total. The Labute approximate surface area is 95.0 Å². The van der Waals surface area contributed by atoms with E-state index >= 15 is 0 Å². The van der Waals surface area contributed by atoms with Gasteiger partial charge in [0, 0.05) is 19.3 Å². The van der Waals surface area contributed by atoms with Gasteiger partial charge in [-0.2, -0.15) is 0 Å². The first-order valence-electron chi connectivity index (χ1n) is 5.68. The minimum Gasteiger partial charge on any atom is -0.376 e. The highest BCUT2D eigenvalue weighted by atomic mass is 19.1. The Morgan fingerprint density at radius 1 is 1.56 bits per heavy atom. The molecule has 0 aromatic carbocycles. The predicted molar refractivity (Wildman–Crippen MR) is 59.9 cm³/mol. The molecule has 0 amide bonds. The zero-order valence-electron chi connectivity index (χ0n) is 9.50. The first kappa shape index (κ1) is 11.5. The molecule has 1 aromatic heterocycles. The monoisotopic (exact) mass is 224 g/mol. The highest BCUT2D eigenvalue weighted by Crippen LogP contribution is 2.15. The maximum atomic E-state index is 13.5. The molecule has 88 valence electrons. The van der Waals surface area contributed by atoms with E-state index in [9.17, 15) is 4.39 Å². The Morgan fingerprint density at radius 2 is 2.44 bits per heavy atom. The first-order valence-corrected chi connectivity index (χ1v) is 5.68. The van der Waals surface area contributed by atoms with Crippen molar-refractivity contribution in [3.05, 3.63) is 29.3 Å². The largest absolute Gasteiger partial charge is 0.376 e. The van der Waals surface area contributed by atoms with Crippen molar-refractivity contribution in [2.75, 3.05) is 19.7 Å². The van der Waals surface area contributed by atoms with E-state index in [-0.39, 0.29) is 11.9 Å². The number of morpholine rings is 1. The number of aromatic nitrogens is 1. The summed E-state index contributed by atoms with van der Waals surface area (Å²) in [7, 11) is 0. The third-order valence-electron chi connectivity index (χ3n) is 2.94. The fourth-order valence-corrected chi connectivity index (χ4v) is 1.99. The van der Waals surface area contributed by atoms with Crippen LogP contribution in [0.4, 0.5) is 4.39 Å². The van der Waals surface area contributed by atoms with Crippen molar-refractivity contribution in [2.24, 2.45) is 0 Å². The number of hydrogen-bond donors (Lipinski definition) is 1. The van der Waals surface area contributed by atoms with Gasteiger partial charge in [0.25, 0.3) is 0 Å². The quantitative estimate of drug-likeness (QED) is 0.843. The summed E-state index contributed by atoms with van der Waals surface area (Å²) in [6.07, 6.45) is 4.77. The average Bonchev–Trinajstić information content (AvgIpc) is 2.30. The number of hydrogen-bond acceptors (Lipinski definition) is 3. The van der Waals surface area contributed by atoms with Gasteiger partial charge < -0.3 is 10.1 Å². The summed E-state index contributed by atoms with van der Waals surface area (Å²) in [6, 6.07) is 0. The summed E-state index contributed by atoms with van der Waals surface area (Å²) in [5.74, 6) is -0.205. The summed E-state index contributed by atoms with van der Waals surface area (Å²) in [4.78, 5) is 3.82. The van der Waals surface area contributed by atoms with Gasteiger partial charge in [0.15, 0.2) is 0 Å². The van der Waals surface area contributed by atoms with Crippen LogP contribution in [0.15, 0.2) is 12.4 Å². The zero-order valence-corrected chi connectivity index (χ0v) is 9.50. The highest BCUT2D eigenvalue weighted by Gasteiger charge is 2.15. The molecule has 0 spiro atoms. The molecule has 1 N–H and O–H groups in total. The minimum absolute atomic E-state index is 0.205. The first-order chi connectivity index (χ1) is 7.77. The van der Waals surface area contributed by atoms with Crippen LogP contribution in [0.2, 0.25) is 0 Å². The number of rotatable bonds is 3. The van der Waals surface area contributed by atoms with Crippen LogP contribution in [0.3, 0.4) is 0 Å². The molecular weight excluding hydrogens is 207 g/mol. The normalized spacial score (nSPS) is 21.0. The van der Waals surface area contributed by atoms with Gasteiger partial charge in [-0.05, 0) is 30.9 Å². The molecule has 0 saturated carbocycles. The molecule has 1 aromatic rings. The average molecular weight is 224 g/mol. The van der Waals surface area contributed by atoms with Crippen molar-refractivity contribution in [1.29, 1.82) is 0 Å². The lowest BCUT2D eigenvalue weighted by Crippen LogP contribution is -2.38. The van der Waals surface area contributed by atoms with Crippen LogP contribution in [-0.2, 0) is 11.2 Å². The Bertz CT molecular complexity index is 331. The number of pyridine rings is 1. The Morgan fingerprint density at radius 3 is 3.12 bits per heavy atom. The maximum absolute atomic E-state index is 13.5. The van der Waals surface area contributed by atoms with E-state index in [2.05, 4.69) is 10.3 Å². The molecule has 1 aliphatic heterocycles. The number of nitrogens with one attached hydrogen (secondary N) is 1. The molecule has 16 heavy (non-hydrogen) atoms. The van der Waals surface area contributed by atoms with Crippen molar-refractivity contribution in [1.82, 2.24) is 10.3 Å². The molecule has 1 saturated heterocycles. The van der Waals surface area contributed by atoms with E-state index in [1.54, 1.807) is 6.20 Å². The van der Waals surface area contributed by atoms with Crippen molar-refractivity contribution < 1.29 is 9.13 Å². The van der Waals surface area contributed by atoms with Crippen LogP contribution >= 0.6 is 0 Å². The third-order valence-corrected chi connectivity index (χ3v) is 2.94. The Kier molecular flexibility index (Phi) is 3.85. The second-order valence-corrected chi connectivity index (χ2v) is 4.15. The van der Waals surface area contributed by atoms with Crippen molar-refractivity contribution in [3.8, 4) is 0 Å². The number of halogens is 1. The van der Waals surface area contributed by atoms with Crippen molar-refractivity contribution in [3.63, 3.8) is 0 Å². The van der Waals surface area contributed by atoms with Crippen LogP contribution < -0.4 is 5.32 Å². The molecule has 1 unspecified atom stereocenters. The summed E-state index contributed by atoms with van der Waals surface area (Å²) < 4.78 is 19.1. The van der Waals surface area contributed by atoms with Crippen LogP contribution in [0, 0.1) is 12.7 Å². The van der Waals surface area contributed by atoms with E-state index in [4.69, 9.17) is 4.74 Å². The molecule has 4 heteroatoms. The van der Waals surface area contributed by atoms with Gasteiger partial charge in [-0.1, -0.05) is 0 Å². The van der Waals surface area contributed by atoms with Gasteiger partial charge in [-0.3, -0.25) is 4.98 Å². The van der Waals surface area contributed by atoms with Gasteiger partial charge in [-0.15, -0.1) is 0 Å². The fourth-order valence-electron chi connectivity index (χ4n) is 1.99. The lowest BCUT2D eigenvalue weighted by atomic mass is 10.0. The van der Waals surface area contributed by atoms with Gasteiger partial charge in [0.05, 0.1) is 18.9 Å². The molecule has 0 radical (unpaired) electrons. The summed E-state index contributed by atoms with van der Waals surface area (Å²) in [5, 5.41) is 3.27. The molecule has 0 bridgehead atoms. The van der Waals surface area contributed by atoms with Crippen LogP contribution in [0.1, 0.15) is 17.5 Å². The zero-order chi connectivity index (χ0) is 11.4. The minimum atomic E-state index is -0.205. The third kappa shape index (κ3) is 2.77. The molecule has 1 fully saturated rings. The van der Waals surface area contributed by atoms with Crippen molar-refractivity contribution in [2.45, 2.75) is 25.9 Å². The van der Waals surface area contributed by atoms with E-state index in [0.717, 1.165) is 37.2 Å². The number of nitrogens with zero attached hydrogens (tertiary/aromatic N) is 1. The lowest BCUT2D eigenvalue weighted by Gasteiger charge is -2.23. The van der Waals surface area contributed by atoms with Crippen LogP contribution in [0.25, 0.3) is 0 Å². The smallest absolute Gasteiger partial charge is 0.144 e. The second kappa shape index (κ2) is 5.37. The lowest BCUT2D eigenvalue weighted by molar-refractivity contribution is 0.0237. The summed E-state index contributed by atoms with van der Waals surface area (Å²) >= 11 is 0. The standard InChI is InChI=1S/C12H17FN2O/c1-9-6-15-8-12(13)11(9)3-2-10-7-14-4-5-16-10/h6,8,10,14H,2-5,7H2,1H3. The van der Waals surface area contributed by atoms with E-state index in [1.807, 2.05) is 6.92 Å². The topological polar surface area (TPSA) is 34.2 Å². The number of ether oxygens (including phenoxy) is 1. The molecule has 2 rings (SSSR count). The van der Waals surface area contributed by atoms with Gasteiger partial charge in [0.1, 0.15) is 5.82 Å². The van der Waals surface area contributed by atoms with Crippen LogP contribution in [0.5, 0.6) is 0 Å². The molecule has 1 atom stereocenters. The Hall–Kier alpha value is -1.00. The Balaban J connectivity index is 1.93. The fraction of sp³-hybridized carbons (Fsp3) is 0.583. The second-order valence-electron chi connectivity index (χ2n) is 4.15. The van der Waals surface area contributed by atoms with Gasteiger partial charge in [-0.25, -0.2) is 4.39 Å². The maximum Gasteiger partial charge on any atom is 0.144 e. The summed E-state index contributed by atoms with van der Waals surface area (Å²) in [5.41, 5.74) is 1.69. The van der Waals surface area contributed by atoms with Gasteiger partial charge >= 0.3 is 0 Å². The molecule has 2 heterocycles. The van der Waals surface area contributed by atoms with E-state index in [0.29, 0.717) is 6.42 Å². The van der Waals surface area contributed by atoms with E-state index < -0.39 is 0 Å². The predicted octanol–water partition coefficient (Wildman–Crippen LogP) is 1.45. The molecule has 0 aliphatic carbocycles.